The van der Waals surface area contributed by atoms with Crippen LogP contribution in [0.15, 0.2) is 28.7 Å². The molecule has 2 atom stereocenters. The van der Waals surface area contributed by atoms with E-state index in [1.807, 2.05) is 0 Å². The lowest BCUT2D eigenvalue weighted by atomic mass is 9.97. The monoisotopic (exact) mass is 324 g/mol. The van der Waals surface area contributed by atoms with Gasteiger partial charge in [0.2, 0.25) is 0 Å². The summed E-state index contributed by atoms with van der Waals surface area (Å²) in [5.41, 5.74) is 7.63. The van der Waals surface area contributed by atoms with E-state index in [0.29, 0.717) is 6.04 Å². The van der Waals surface area contributed by atoms with Gasteiger partial charge in [0.1, 0.15) is 0 Å². The van der Waals surface area contributed by atoms with Crippen molar-refractivity contribution in [1.82, 2.24) is 4.90 Å². The first kappa shape index (κ1) is 15.0. The summed E-state index contributed by atoms with van der Waals surface area (Å²) in [6.07, 6.45) is 6.71. The molecule has 2 unspecified atom stereocenters. The molecule has 2 rings (SSSR count). The molecule has 0 aliphatic carbocycles. The van der Waals surface area contributed by atoms with Crippen molar-refractivity contribution >= 4 is 15.9 Å². The van der Waals surface area contributed by atoms with Gasteiger partial charge in [-0.05, 0) is 44.5 Å². The lowest BCUT2D eigenvalue weighted by molar-refractivity contribution is 0.160. The van der Waals surface area contributed by atoms with Gasteiger partial charge in [0.05, 0.1) is 6.04 Å². The van der Waals surface area contributed by atoms with E-state index in [1.54, 1.807) is 0 Å². The van der Waals surface area contributed by atoms with Crippen LogP contribution in [-0.2, 0) is 0 Å². The highest BCUT2D eigenvalue weighted by atomic mass is 79.9. The standard InChI is InChI=1S/C16H25BrN2/c1-13(18)16(14-9-5-6-10-15(14)17)19-11-7-3-2-4-8-12-19/h5-6,9-10,13,16H,2-4,7-8,11-12,18H2,1H3. The largest absolute Gasteiger partial charge is 0.326 e. The summed E-state index contributed by atoms with van der Waals surface area (Å²) in [6, 6.07) is 8.98. The molecule has 0 aromatic heterocycles. The van der Waals surface area contributed by atoms with Crippen LogP contribution in [0.3, 0.4) is 0 Å². The molecule has 1 aromatic carbocycles. The molecular weight excluding hydrogens is 300 g/mol. The summed E-state index contributed by atoms with van der Waals surface area (Å²) in [6.45, 7) is 4.48. The molecule has 1 fully saturated rings. The van der Waals surface area contributed by atoms with E-state index in [2.05, 4.69) is 52.0 Å². The summed E-state index contributed by atoms with van der Waals surface area (Å²) in [5.74, 6) is 0. The van der Waals surface area contributed by atoms with Crippen LogP contribution in [0, 0.1) is 0 Å². The summed E-state index contributed by atoms with van der Waals surface area (Å²) >= 11 is 3.68. The Bertz CT molecular complexity index is 384. The quantitative estimate of drug-likeness (QED) is 0.906. The second-order valence-electron chi connectivity index (χ2n) is 5.63. The Hall–Kier alpha value is -0.380. The number of nitrogens with two attached hydrogens (primary N) is 1. The van der Waals surface area contributed by atoms with Crippen molar-refractivity contribution in [2.45, 2.75) is 51.1 Å². The van der Waals surface area contributed by atoms with E-state index in [9.17, 15) is 0 Å². The highest BCUT2D eigenvalue weighted by molar-refractivity contribution is 9.10. The van der Waals surface area contributed by atoms with Gasteiger partial charge in [-0.1, -0.05) is 53.4 Å². The van der Waals surface area contributed by atoms with Gasteiger partial charge < -0.3 is 5.73 Å². The second-order valence-corrected chi connectivity index (χ2v) is 6.48. The Morgan fingerprint density at radius 1 is 1.05 bits per heavy atom. The van der Waals surface area contributed by atoms with Crippen molar-refractivity contribution in [3.05, 3.63) is 34.3 Å². The zero-order chi connectivity index (χ0) is 13.7. The smallest absolute Gasteiger partial charge is 0.0507 e. The molecule has 0 amide bonds. The van der Waals surface area contributed by atoms with Gasteiger partial charge in [-0.25, -0.2) is 0 Å². The first-order valence-corrected chi connectivity index (χ1v) is 8.23. The van der Waals surface area contributed by atoms with Crippen molar-refractivity contribution in [2.24, 2.45) is 5.73 Å². The predicted octanol–water partition coefficient (Wildman–Crippen LogP) is 4.10. The average molecular weight is 325 g/mol. The van der Waals surface area contributed by atoms with E-state index >= 15 is 0 Å². The maximum Gasteiger partial charge on any atom is 0.0507 e. The number of benzene rings is 1. The van der Waals surface area contributed by atoms with Crippen molar-refractivity contribution in [3.8, 4) is 0 Å². The van der Waals surface area contributed by atoms with E-state index in [-0.39, 0.29) is 6.04 Å². The molecule has 1 aliphatic heterocycles. The molecule has 19 heavy (non-hydrogen) atoms. The lowest BCUT2D eigenvalue weighted by Crippen LogP contribution is -2.41. The van der Waals surface area contributed by atoms with Crippen LogP contribution in [-0.4, -0.2) is 24.0 Å². The van der Waals surface area contributed by atoms with Gasteiger partial charge in [-0.3, -0.25) is 4.90 Å². The fraction of sp³-hybridized carbons (Fsp3) is 0.625. The maximum absolute atomic E-state index is 6.30. The molecule has 1 aromatic rings. The van der Waals surface area contributed by atoms with E-state index in [4.69, 9.17) is 5.73 Å². The Labute approximate surface area is 125 Å². The number of nitrogens with zero attached hydrogens (tertiary/aromatic N) is 1. The van der Waals surface area contributed by atoms with Crippen LogP contribution in [0.4, 0.5) is 0 Å². The Morgan fingerprint density at radius 2 is 1.63 bits per heavy atom. The number of rotatable bonds is 3. The third-order valence-electron chi connectivity index (χ3n) is 4.01. The van der Waals surface area contributed by atoms with Crippen LogP contribution >= 0.6 is 15.9 Å². The molecule has 1 saturated heterocycles. The normalized spacial score (nSPS) is 21.4. The van der Waals surface area contributed by atoms with Gasteiger partial charge in [0, 0.05) is 10.5 Å². The minimum atomic E-state index is 0.151. The van der Waals surface area contributed by atoms with Gasteiger partial charge in [0.25, 0.3) is 0 Å². The fourth-order valence-corrected chi connectivity index (χ4v) is 3.60. The second kappa shape index (κ2) is 7.41. The zero-order valence-corrected chi connectivity index (χ0v) is 13.4. The van der Waals surface area contributed by atoms with Crippen molar-refractivity contribution in [3.63, 3.8) is 0 Å². The summed E-state index contributed by atoms with van der Waals surface area (Å²) in [5, 5.41) is 0. The Balaban J connectivity index is 2.21. The minimum absolute atomic E-state index is 0.151. The van der Waals surface area contributed by atoms with E-state index in [1.165, 1.54) is 55.2 Å². The van der Waals surface area contributed by atoms with Crippen LogP contribution in [0.1, 0.15) is 50.6 Å². The first-order valence-electron chi connectivity index (χ1n) is 7.44. The van der Waals surface area contributed by atoms with Gasteiger partial charge in [0.15, 0.2) is 0 Å². The molecule has 2 nitrogen and oxygen atoms in total. The molecule has 0 spiro atoms. The van der Waals surface area contributed by atoms with Crippen LogP contribution in [0.5, 0.6) is 0 Å². The number of hydrogen-bond donors (Lipinski definition) is 1. The molecular formula is C16H25BrN2. The zero-order valence-electron chi connectivity index (χ0n) is 11.8. The maximum atomic E-state index is 6.30. The van der Waals surface area contributed by atoms with Crippen LogP contribution in [0.2, 0.25) is 0 Å². The van der Waals surface area contributed by atoms with Crippen LogP contribution in [0.25, 0.3) is 0 Å². The lowest BCUT2D eigenvalue weighted by Gasteiger charge is -2.36. The topological polar surface area (TPSA) is 29.3 Å². The summed E-state index contributed by atoms with van der Waals surface area (Å²) in [7, 11) is 0. The average Bonchev–Trinajstić information content (AvgIpc) is 2.33. The van der Waals surface area contributed by atoms with Crippen molar-refractivity contribution < 1.29 is 0 Å². The summed E-state index contributed by atoms with van der Waals surface area (Å²) < 4.78 is 1.18. The van der Waals surface area contributed by atoms with Gasteiger partial charge in [-0.15, -0.1) is 0 Å². The molecule has 3 heteroatoms. The molecule has 1 aliphatic rings. The highest BCUT2D eigenvalue weighted by Crippen LogP contribution is 2.31. The molecule has 0 radical (unpaired) electrons. The third-order valence-corrected chi connectivity index (χ3v) is 4.73. The first-order chi connectivity index (χ1) is 9.20. The molecule has 0 bridgehead atoms. The van der Waals surface area contributed by atoms with Crippen LogP contribution < -0.4 is 5.73 Å². The van der Waals surface area contributed by atoms with E-state index in [0.717, 1.165) is 0 Å². The summed E-state index contributed by atoms with van der Waals surface area (Å²) in [4.78, 5) is 2.59. The number of hydrogen-bond acceptors (Lipinski definition) is 2. The van der Waals surface area contributed by atoms with Crippen molar-refractivity contribution in [2.75, 3.05) is 13.1 Å². The Morgan fingerprint density at radius 3 is 2.21 bits per heavy atom. The Kier molecular flexibility index (Phi) is 5.86. The SMILES string of the molecule is CC(N)C(c1ccccc1Br)N1CCCCCCC1. The predicted molar refractivity (Wildman–Crippen MR) is 85.2 cm³/mol. The molecule has 1 heterocycles. The third kappa shape index (κ3) is 4.04. The number of likely N-dealkylation sites (tertiary alicyclic amines) is 1. The van der Waals surface area contributed by atoms with E-state index < -0.39 is 0 Å². The highest BCUT2D eigenvalue weighted by Gasteiger charge is 2.25. The van der Waals surface area contributed by atoms with Crippen molar-refractivity contribution in [1.29, 1.82) is 0 Å². The molecule has 2 N–H and O–H groups in total. The van der Waals surface area contributed by atoms with Gasteiger partial charge in [-0.2, -0.15) is 0 Å². The molecule has 106 valence electrons. The van der Waals surface area contributed by atoms with Gasteiger partial charge >= 0.3 is 0 Å². The fourth-order valence-electron chi connectivity index (χ4n) is 3.08. The number of halogens is 1. The molecule has 0 saturated carbocycles. The minimum Gasteiger partial charge on any atom is -0.326 e.